The summed E-state index contributed by atoms with van der Waals surface area (Å²) in [7, 11) is 0. The number of carbonyl (C=O) groups excluding carboxylic acids is 3. The van der Waals surface area contributed by atoms with E-state index in [1.54, 1.807) is 6.92 Å². The minimum atomic E-state index is -0.723. The van der Waals surface area contributed by atoms with Gasteiger partial charge in [-0.25, -0.2) is 0 Å². The van der Waals surface area contributed by atoms with Gasteiger partial charge in [0.1, 0.15) is 12.3 Å². The molecule has 0 aliphatic carbocycles. The fourth-order valence-corrected chi connectivity index (χ4v) is 3.39. The van der Waals surface area contributed by atoms with Gasteiger partial charge in [-0.3, -0.25) is 9.59 Å². The van der Waals surface area contributed by atoms with Crippen LogP contribution < -0.4 is 16.4 Å². The molecule has 7 nitrogen and oxygen atoms in total. The zero-order valence-corrected chi connectivity index (χ0v) is 17.6. The smallest absolute Gasteiger partial charge is 0.243 e. The van der Waals surface area contributed by atoms with Crippen LogP contribution in [0.25, 0.3) is 10.9 Å². The average Bonchev–Trinajstić information content (AvgIpc) is 3.12. The highest BCUT2D eigenvalue weighted by molar-refractivity contribution is 7.80. The van der Waals surface area contributed by atoms with Crippen LogP contribution in [0, 0.1) is 0 Å². The lowest BCUT2D eigenvalue weighted by Gasteiger charge is -2.22. The number of thiol groups is 1. The van der Waals surface area contributed by atoms with Crippen molar-refractivity contribution in [2.24, 2.45) is 5.73 Å². The number of para-hydroxylation sites is 1. The predicted molar refractivity (Wildman–Crippen MR) is 118 cm³/mol. The molecule has 0 radical (unpaired) electrons. The van der Waals surface area contributed by atoms with E-state index < -0.39 is 24.0 Å². The molecule has 0 saturated heterocycles. The van der Waals surface area contributed by atoms with Crippen LogP contribution in [0.3, 0.4) is 0 Å². The maximum absolute atomic E-state index is 12.8. The van der Waals surface area contributed by atoms with Gasteiger partial charge in [-0.05, 0) is 37.1 Å². The molecule has 0 aliphatic heterocycles. The number of hydrogen-bond donors (Lipinski definition) is 5. The number of hydrogen-bond acceptors (Lipinski definition) is 5. The number of rotatable bonds is 12. The molecule has 2 amide bonds. The lowest BCUT2D eigenvalue weighted by Crippen LogP contribution is -2.53. The summed E-state index contributed by atoms with van der Waals surface area (Å²) in [5.74, 6) is 0.0152. The van der Waals surface area contributed by atoms with Crippen molar-refractivity contribution in [2.45, 2.75) is 57.2 Å². The van der Waals surface area contributed by atoms with Crippen LogP contribution in [0.5, 0.6) is 0 Å². The number of aromatic nitrogens is 1. The number of carbonyl (C=O) groups is 3. The number of fused-ring (bicyclic) bond motifs is 1. The van der Waals surface area contributed by atoms with Gasteiger partial charge in [0.2, 0.25) is 11.8 Å². The molecule has 1 aromatic carbocycles. The van der Waals surface area contributed by atoms with Gasteiger partial charge in [-0.1, -0.05) is 31.0 Å². The van der Waals surface area contributed by atoms with Gasteiger partial charge in [0.15, 0.2) is 0 Å². The van der Waals surface area contributed by atoms with Crippen LogP contribution in [0.4, 0.5) is 0 Å². The highest BCUT2D eigenvalue weighted by Crippen LogP contribution is 2.19. The minimum Gasteiger partial charge on any atom is -0.361 e. The Kier molecular flexibility index (Phi) is 9.21. The van der Waals surface area contributed by atoms with Crippen molar-refractivity contribution in [1.29, 1.82) is 0 Å². The number of nitrogens with two attached hydrogens (primary N) is 1. The van der Waals surface area contributed by atoms with E-state index in [9.17, 15) is 14.4 Å². The van der Waals surface area contributed by atoms with E-state index in [2.05, 4.69) is 28.2 Å². The van der Waals surface area contributed by atoms with Crippen molar-refractivity contribution in [3.63, 3.8) is 0 Å². The normalized spacial score (nSPS) is 14.2. The molecule has 0 unspecified atom stereocenters. The van der Waals surface area contributed by atoms with E-state index in [-0.39, 0.29) is 5.91 Å². The number of nitrogens with one attached hydrogen (secondary N) is 3. The number of unbranched alkanes of at least 4 members (excludes halogenated alkanes) is 2. The van der Waals surface area contributed by atoms with Crippen molar-refractivity contribution in [3.8, 4) is 0 Å². The Morgan fingerprint density at radius 2 is 1.93 bits per heavy atom. The molecule has 8 heteroatoms. The monoisotopic (exact) mass is 418 g/mol. The minimum absolute atomic E-state index is 0.368. The summed E-state index contributed by atoms with van der Waals surface area (Å²) in [5, 5.41) is 6.47. The maximum atomic E-state index is 12.8. The summed E-state index contributed by atoms with van der Waals surface area (Å²) in [5.41, 5.74) is 7.54. The summed E-state index contributed by atoms with van der Waals surface area (Å²) < 4.78 is 0. The summed E-state index contributed by atoms with van der Waals surface area (Å²) in [6.45, 7) is 1.57. The molecule has 0 aliphatic rings. The molecule has 2 rings (SSSR count). The van der Waals surface area contributed by atoms with E-state index in [0.29, 0.717) is 12.8 Å². The van der Waals surface area contributed by atoms with E-state index >= 15 is 0 Å². The van der Waals surface area contributed by atoms with E-state index in [1.807, 2.05) is 30.5 Å². The molecule has 3 atom stereocenters. The highest BCUT2D eigenvalue weighted by Gasteiger charge is 2.24. The summed E-state index contributed by atoms with van der Waals surface area (Å²) >= 11 is 4.19. The Morgan fingerprint density at radius 3 is 2.62 bits per heavy atom. The fourth-order valence-electron chi connectivity index (χ4n) is 3.16. The zero-order valence-electron chi connectivity index (χ0n) is 16.7. The summed E-state index contributed by atoms with van der Waals surface area (Å²) in [6, 6.07) is 5.67. The van der Waals surface area contributed by atoms with Gasteiger partial charge in [-0.2, -0.15) is 12.6 Å². The van der Waals surface area contributed by atoms with Gasteiger partial charge in [0.05, 0.1) is 12.1 Å². The van der Waals surface area contributed by atoms with Crippen LogP contribution in [0.1, 0.15) is 38.2 Å². The average molecular weight is 419 g/mol. The third-order valence-corrected chi connectivity index (χ3v) is 5.12. The first kappa shape index (κ1) is 23.0. The molecule has 0 fully saturated rings. The van der Waals surface area contributed by atoms with E-state index in [0.717, 1.165) is 47.8 Å². The molecule has 2 aromatic rings. The van der Waals surface area contributed by atoms with Gasteiger partial charge < -0.3 is 26.1 Å². The van der Waals surface area contributed by atoms with Crippen LogP contribution in [0.15, 0.2) is 30.5 Å². The largest absolute Gasteiger partial charge is 0.361 e. The van der Waals surface area contributed by atoms with Crippen LogP contribution in [-0.4, -0.2) is 47.0 Å². The molecule has 0 bridgehead atoms. The third-order valence-electron chi connectivity index (χ3n) is 4.80. The molecule has 158 valence electrons. The molecular weight excluding hydrogens is 388 g/mol. The van der Waals surface area contributed by atoms with Gasteiger partial charge in [0, 0.05) is 23.5 Å². The molecule has 1 aromatic heterocycles. The fraction of sp³-hybridized carbons (Fsp3) is 0.476. The first-order valence-electron chi connectivity index (χ1n) is 9.93. The Labute approximate surface area is 176 Å². The van der Waals surface area contributed by atoms with Crippen molar-refractivity contribution in [1.82, 2.24) is 15.6 Å². The number of benzene rings is 1. The van der Waals surface area contributed by atoms with E-state index in [4.69, 9.17) is 5.73 Å². The zero-order chi connectivity index (χ0) is 21.2. The number of amides is 2. The van der Waals surface area contributed by atoms with Gasteiger partial charge >= 0.3 is 0 Å². The molecule has 29 heavy (non-hydrogen) atoms. The predicted octanol–water partition coefficient (Wildman–Crippen LogP) is 1.72. The second-order valence-electron chi connectivity index (χ2n) is 7.24. The lowest BCUT2D eigenvalue weighted by atomic mass is 10.0. The molecule has 0 saturated carbocycles. The van der Waals surface area contributed by atoms with Crippen molar-refractivity contribution in [3.05, 3.63) is 36.0 Å². The topological polar surface area (TPSA) is 117 Å². The van der Waals surface area contributed by atoms with Gasteiger partial charge in [0.25, 0.3) is 0 Å². The molecular formula is C21H30N4O3S. The molecule has 1 heterocycles. The Balaban J connectivity index is 2.03. The maximum Gasteiger partial charge on any atom is 0.243 e. The van der Waals surface area contributed by atoms with Crippen molar-refractivity contribution >= 4 is 41.6 Å². The SMILES string of the molecule is C[C@H](N)C(=O)N[C@@H](CCCCCS)C(=O)N[C@H](C=O)Cc1c[nH]c2ccccc12. The Morgan fingerprint density at radius 1 is 1.17 bits per heavy atom. The first-order chi connectivity index (χ1) is 14.0. The molecule has 0 spiro atoms. The Hall–Kier alpha value is -2.32. The first-order valence-corrected chi connectivity index (χ1v) is 10.6. The lowest BCUT2D eigenvalue weighted by molar-refractivity contribution is -0.130. The Bertz CT molecular complexity index is 821. The number of H-pyrrole nitrogens is 1. The van der Waals surface area contributed by atoms with Gasteiger partial charge in [-0.15, -0.1) is 0 Å². The number of aromatic amines is 1. The van der Waals surface area contributed by atoms with Crippen LogP contribution >= 0.6 is 12.6 Å². The van der Waals surface area contributed by atoms with Crippen LogP contribution in [0.2, 0.25) is 0 Å². The summed E-state index contributed by atoms with van der Waals surface area (Å²) in [4.78, 5) is 39.6. The molecule has 5 N–H and O–H groups in total. The van der Waals surface area contributed by atoms with Crippen molar-refractivity contribution < 1.29 is 14.4 Å². The highest BCUT2D eigenvalue weighted by atomic mass is 32.1. The quantitative estimate of drug-likeness (QED) is 0.205. The number of aldehydes is 1. The summed E-state index contributed by atoms with van der Waals surface area (Å²) in [6.07, 6.45) is 6.05. The second-order valence-corrected chi connectivity index (χ2v) is 7.68. The third kappa shape index (κ3) is 6.90. The van der Waals surface area contributed by atoms with Crippen molar-refractivity contribution in [2.75, 3.05) is 5.75 Å². The second kappa shape index (κ2) is 11.6. The van der Waals surface area contributed by atoms with E-state index in [1.165, 1.54) is 0 Å². The van der Waals surface area contributed by atoms with Crippen LogP contribution in [-0.2, 0) is 20.8 Å². The standard InChI is InChI=1S/C21H30N4O3S/c1-14(22)20(27)25-19(9-3-2-6-10-29)21(28)24-16(13-26)11-15-12-23-18-8-5-4-7-17(15)18/h4-5,7-8,12-14,16,19,23,29H,2-3,6,9-11,22H2,1H3,(H,24,28)(H,25,27)/t14-,16-,19-/m0/s1.